The molecule has 0 unspecified atom stereocenters. The zero-order valence-corrected chi connectivity index (χ0v) is 12.9. The Hall–Kier alpha value is -2.10. The Morgan fingerprint density at radius 1 is 1.24 bits per heavy atom. The van der Waals surface area contributed by atoms with E-state index in [0.717, 1.165) is 36.0 Å². The molecule has 0 aliphatic heterocycles. The first kappa shape index (κ1) is 15.3. The third kappa shape index (κ3) is 3.51. The molecular weight excluding hydrogens is 264 g/mol. The maximum absolute atomic E-state index is 12.5. The molecule has 21 heavy (non-hydrogen) atoms. The summed E-state index contributed by atoms with van der Waals surface area (Å²) in [4.78, 5) is 18.8. The van der Waals surface area contributed by atoms with E-state index in [4.69, 9.17) is 4.74 Å². The predicted molar refractivity (Wildman–Crippen MR) is 84.8 cm³/mol. The molecule has 0 bridgehead atoms. The predicted octanol–water partition coefficient (Wildman–Crippen LogP) is 3.51. The number of hydrogen-bond acceptors (Lipinski definition) is 3. The molecular formula is C17H22N2O2. The van der Waals surface area contributed by atoms with Crippen LogP contribution in [0, 0.1) is 0 Å². The van der Waals surface area contributed by atoms with Crippen LogP contribution >= 0.6 is 0 Å². The molecule has 0 atom stereocenters. The lowest BCUT2D eigenvalue weighted by Gasteiger charge is -2.20. The molecule has 4 nitrogen and oxygen atoms in total. The first-order chi connectivity index (χ1) is 10.2. The zero-order valence-electron chi connectivity index (χ0n) is 12.9. The lowest BCUT2D eigenvalue weighted by Crippen LogP contribution is -2.32. The second-order valence-electron chi connectivity index (χ2n) is 4.99. The number of fused-ring (bicyclic) bond motifs is 1. The molecule has 1 heterocycles. The van der Waals surface area contributed by atoms with Crippen molar-refractivity contribution in [2.75, 3.05) is 20.2 Å². The van der Waals surface area contributed by atoms with Crippen LogP contribution in [-0.2, 0) is 0 Å². The van der Waals surface area contributed by atoms with Gasteiger partial charge in [0, 0.05) is 18.5 Å². The van der Waals surface area contributed by atoms with Crippen molar-refractivity contribution >= 4 is 16.8 Å². The highest BCUT2D eigenvalue weighted by Gasteiger charge is 2.15. The summed E-state index contributed by atoms with van der Waals surface area (Å²) >= 11 is 0. The number of unbranched alkanes of at least 4 members (excludes halogenated alkanes) is 1. The van der Waals surface area contributed by atoms with E-state index in [1.807, 2.05) is 36.1 Å². The number of carbonyl (C=O) groups is 1. The van der Waals surface area contributed by atoms with E-state index in [0.29, 0.717) is 12.2 Å². The Bertz CT molecular complexity index is 625. The van der Waals surface area contributed by atoms with E-state index in [2.05, 4.69) is 11.9 Å². The third-order valence-electron chi connectivity index (χ3n) is 3.57. The summed E-state index contributed by atoms with van der Waals surface area (Å²) in [6.45, 7) is 5.62. The monoisotopic (exact) mass is 286 g/mol. The standard InChI is InChI=1S/C17H22N2O2/c1-4-6-11-19(5-2)17(20)16-9-7-13-12-14(21-3)8-10-15(13)18-16/h7-10,12H,4-6,11H2,1-3H3. The van der Waals surface area contributed by atoms with Crippen LogP contribution in [0.1, 0.15) is 37.2 Å². The largest absolute Gasteiger partial charge is 0.497 e. The fraction of sp³-hybridized carbons (Fsp3) is 0.412. The molecule has 4 heteroatoms. The van der Waals surface area contributed by atoms with Gasteiger partial charge in [-0.15, -0.1) is 0 Å². The number of amides is 1. The molecule has 1 aromatic carbocycles. The van der Waals surface area contributed by atoms with Gasteiger partial charge in [0.25, 0.3) is 5.91 Å². The Kier molecular flexibility index (Phi) is 5.14. The summed E-state index contributed by atoms with van der Waals surface area (Å²) in [6, 6.07) is 9.38. The van der Waals surface area contributed by atoms with E-state index in [1.165, 1.54) is 0 Å². The van der Waals surface area contributed by atoms with E-state index < -0.39 is 0 Å². The van der Waals surface area contributed by atoms with Crippen LogP contribution in [0.25, 0.3) is 10.9 Å². The van der Waals surface area contributed by atoms with Gasteiger partial charge >= 0.3 is 0 Å². The number of aromatic nitrogens is 1. The van der Waals surface area contributed by atoms with Gasteiger partial charge in [0.15, 0.2) is 0 Å². The van der Waals surface area contributed by atoms with Gasteiger partial charge in [-0.3, -0.25) is 4.79 Å². The van der Waals surface area contributed by atoms with Gasteiger partial charge < -0.3 is 9.64 Å². The summed E-state index contributed by atoms with van der Waals surface area (Å²) in [6.07, 6.45) is 2.10. The molecule has 0 spiro atoms. The van der Waals surface area contributed by atoms with Crippen molar-refractivity contribution in [2.24, 2.45) is 0 Å². The fourth-order valence-corrected chi connectivity index (χ4v) is 2.26. The number of hydrogen-bond donors (Lipinski definition) is 0. The molecule has 2 aromatic rings. The molecule has 0 N–H and O–H groups in total. The number of benzene rings is 1. The molecule has 1 amide bonds. The van der Waals surface area contributed by atoms with Crippen molar-refractivity contribution in [3.05, 3.63) is 36.0 Å². The van der Waals surface area contributed by atoms with Crippen molar-refractivity contribution in [1.82, 2.24) is 9.88 Å². The highest BCUT2D eigenvalue weighted by atomic mass is 16.5. The summed E-state index contributed by atoms with van der Waals surface area (Å²) in [5, 5.41) is 0.975. The molecule has 0 aliphatic carbocycles. The Morgan fingerprint density at radius 2 is 2.05 bits per heavy atom. The van der Waals surface area contributed by atoms with E-state index >= 15 is 0 Å². The van der Waals surface area contributed by atoms with Crippen LogP contribution in [-0.4, -0.2) is 36.0 Å². The summed E-state index contributed by atoms with van der Waals surface area (Å²) in [5.41, 5.74) is 1.32. The number of pyridine rings is 1. The summed E-state index contributed by atoms with van der Waals surface area (Å²) in [5.74, 6) is 0.796. The number of nitrogens with zero attached hydrogens (tertiary/aromatic N) is 2. The van der Waals surface area contributed by atoms with Gasteiger partial charge in [0.05, 0.1) is 12.6 Å². The number of rotatable bonds is 6. The van der Waals surface area contributed by atoms with Crippen LogP contribution in [0.5, 0.6) is 5.75 Å². The van der Waals surface area contributed by atoms with Gasteiger partial charge in [0.1, 0.15) is 11.4 Å². The molecule has 112 valence electrons. The lowest BCUT2D eigenvalue weighted by molar-refractivity contribution is 0.0757. The molecule has 1 aromatic heterocycles. The quantitative estimate of drug-likeness (QED) is 0.816. The second kappa shape index (κ2) is 7.07. The van der Waals surface area contributed by atoms with E-state index in [-0.39, 0.29) is 5.91 Å². The maximum atomic E-state index is 12.5. The molecule has 0 fully saturated rings. The number of carbonyl (C=O) groups excluding carboxylic acids is 1. The number of ether oxygens (including phenoxy) is 1. The Labute approximate surface area is 125 Å². The van der Waals surface area contributed by atoms with E-state index in [9.17, 15) is 4.79 Å². The minimum Gasteiger partial charge on any atom is -0.497 e. The van der Waals surface area contributed by atoms with Crippen molar-refractivity contribution in [1.29, 1.82) is 0 Å². The highest BCUT2D eigenvalue weighted by molar-refractivity contribution is 5.95. The minimum absolute atomic E-state index is 0.00340. The van der Waals surface area contributed by atoms with Crippen molar-refractivity contribution in [3.8, 4) is 5.75 Å². The molecule has 0 saturated carbocycles. The van der Waals surface area contributed by atoms with Gasteiger partial charge in [-0.1, -0.05) is 19.4 Å². The SMILES string of the molecule is CCCCN(CC)C(=O)c1ccc2cc(OC)ccc2n1. The van der Waals surface area contributed by atoms with E-state index in [1.54, 1.807) is 13.2 Å². The average Bonchev–Trinajstić information content (AvgIpc) is 2.54. The Morgan fingerprint density at radius 3 is 2.71 bits per heavy atom. The first-order valence-corrected chi connectivity index (χ1v) is 7.43. The topological polar surface area (TPSA) is 42.4 Å². The minimum atomic E-state index is 0.00340. The second-order valence-corrected chi connectivity index (χ2v) is 4.99. The normalized spacial score (nSPS) is 10.6. The van der Waals surface area contributed by atoms with Crippen molar-refractivity contribution < 1.29 is 9.53 Å². The molecule has 2 rings (SSSR count). The van der Waals surface area contributed by atoms with Gasteiger partial charge in [-0.2, -0.15) is 0 Å². The summed E-state index contributed by atoms with van der Waals surface area (Å²) < 4.78 is 5.20. The van der Waals surface area contributed by atoms with Gasteiger partial charge in [-0.25, -0.2) is 4.98 Å². The van der Waals surface area contributed by atoms with Crippen LogP contribution < -0.4 is 4.74 Å². The smallest absolute Gasteiger partial charge is 0.272 e. The summed E-state index contributed by atoms with van der Waals surface area (Å²) in [7, 11) is 1.64. The number of methoxy groups -OCH3 is 1. The molecule has 0 radical (unpaired) electrons. The van der Waals surface area contributed by atoms with Crippen LogP contribution in [0.15, 0.2) is 30.3 Å². The maximum Gasteiger partial charge on any atom is 0.272 e. The van der Waals surface area contributed by atoms with Gasteiger partial charge in [0.2, 0.25) is 0 Å². The van der Waals surface area contributed by atoms with Crippen LogP contribution in [0.4, 0.5) is 0 Å². The van der Waals surface area contributed by atoms with Crippen molar-refractivity contribution in [2.45, 2.75) is 26.7 Å². The van der Waals surface area contributed by atoms with Crippen LogP contribution in [0.3, 0.4) is 0 Å². The first-order valence-electron chi connectivity index (χ1n) is 7.43. The zero-order chi connectivity index (χ0) is 15.2. The van der Waals surface area contributed by atoms with Crippen molar-refractivity contribution in [3.63, 3.8) is 0 Å². The van der Waals surface area contributed by atoms with Gasteiger partial charge in [-0.05, 0) is 37.6 Å². The lowest BCUT2D eigenvalue weighted by atomic mass is 10.2. The van der Waals surface area contributed by atoms with Crippen LogP contribution in [0.2, 0.25) is 0 Å². The third-order valence-corrected chi connectivity index (χ3v) is 3.57. The Balaban J connectivity index is 2.27. The fourth-order valence-electron chi connectivity index (χ4n) is 2.26. The molecule has 0 saturated heterocycles. The highest BCUT2D eigenvalue weighted by Crippen LogP contribution is 2.20. The molecule has 0 aliphatic rings. The average molecular weight is 286 g/mol.